The molecule has 0 saturated heterocycles. The smallest absolute Gasteiger partial charge is 0.315 e. The van der Waals surface area contributed by atoms with Crippen molar-refractivity contribution in [1.29, 1.82) is 0 Å². The van der Waals surface area contributed by atoms with Gasteiger partial charge in [-0.2, -0.15) is 0 Å². The number of carbonyl (C=O) groups is 2. The molecule has 1 saturated carbocycles. The van der Waals surface area contributed by atoms with Crippen molar-refractivity contribution < 1.29 is 14.7 Å². The molecule has 1 heterocycles. The lowest BCUT2D eigenvalue weighted by Gasteiger charge is -2.16. The van der Waals surface area contributed by atoms with Gasteiger partial charge in [-0.05, 0) is 33.1 Å². The fraction of sp³-hybridized carbons (Fsp3) is 0.615. The molecular weight excluding hydrogens is 278 g/mol. The molecule has 110 valence electrons. The maximum Gasteiger partial charge on any atom is 0.315 e. The van der Waals surface area contributed by atoms with Crippen molar-refractivity contribution in [3.63, 3.8) is 0 Å². The molecule has 0 spiro atoms. The van der Waals surface area contributed by atoms with Gasteiger partial charge in [-0.3, -0.25) is 4.79 Å². The van der Waals surface area contributed by atoms with Gasteiger partial charge in [0.1, 0.15) is 5.01 Å². The van der Waals surface area contributed by atoms with Gasteiger partial charge in [-0.1, -0.05) is 0 Å². The van der Waals surface area contributed by atoms with Crippen LogP contribution in [0.4, 0.5) is 4.79 Å². The summed E-state index contributed by atoms with van der Waals surface area (Å²) in [5, 5.41) is 15.5. The van der Waals surface area contributed by atoms with E-state index in [1.807, 2.05) is 13.8 Å². The summed E-state index contributed by atoms with van der Waals surface area (Å²) >= 11 is 1.55. The molecule has 0 bridgehead atoms. The lowest BCUT2D eigenvalue weighted by Crippen LogP contribution is -2.42. The van der Waals surface area contributed by atoms with Gasteiger partial charge in [0.15, 0.2) is 0 Å². The summed E-state index contributed by atoms with van der Waals surface area (Å²) in [6.45, 7) is 3.85. The van der Waals surface area contributed by atoms with E-state index in [-0.39, 0.29) is 24.0 Å². The topological polar surface area (TPSA) is 91.3 Å². The Kier molecular flexibility index (Phi) is 4.59. The second-order valence-corrected chi connectivity index (χ2v) is 6.46. The number of nitrogens with one attached hydrogen (secondary N) is 2. The van der Waals surface area contributed by atoms with Crippen LogP contribution in [0.3, 0.4) is 0 Å². The fourth-order valence-electron chi connectivity index (χ4n) is 2.39. The number of rotatable bonds is 4. The molecule has 3 atom stereocenters. The van der Waals surface area contributed by atoms with E-state index in [9.17, 15) is 9.59 Å². The highest BCUT2D eigenvalue weighted by Crippen LogP contribution is 2.25. The van der Waals surface area contributed by atoms with Gasteiger partial charge in [-0.25, -0.2) is 9.78 Å². The van der Waals surface area contributed by atoms with Gasteiger partial charge in [0.25, 0.3) is 0 Å². The van der Waals surface area contributed by atoms with Crippen LogP contribution in [0.15, 0.2) is 6.20 Å². The molecular formula is C13H19N3O3S. The first kappa shape index (κ1) is 14.8. The number of hydrogen-bond acceptors (Lipinski definition) is 4. The Hall–Kier alpha value is -1.63. The molecule has 1 aromatic heterocycles. The van der Waals surface area contributed by atoms with Gasteiger partial charge < -0.3 is 15.7 Å². The van der Waals surface area contributed by atoms with Crippen molar-refractivity contribution in [2.75, 3.05) is 0 Å². The first-order valence-corrected chi connectivity index (χ1v) is 7.49. The summed E-state index contributed by atoms with van der Waals surface area (Å²) in [6, 6.07) is -0.465. The number of amides is 2. The Morgan fingerprint density at radius 3 is 2.80 bits per heavy atom. The zero-order valence-corrected chi connectivity index (χ0v) is 12.4. The number of carboxylic acids is 1. The highest BCUT2D eigenvalue weighted by molar-refractivity contribution is 7.11. The molecule has 3 unspecified atom stereocenters. The third-order valence-electron chi connectivity index (χ3n) is 3.47. The zero-order chi connectivity index (χ0) is 14.7. The second kappa shape index (κ2) is 6.21. The third-order valence-corrected chi connectivity index (χ3v) is 4.57. The highest BCUT2D eigenvalue weighted by Gasteiger charge is 2.30. The normalized spacial score (nSPS) is 23.3. The summed E-state index contributed by atoms with van der Waals surface area (Å²) in [5.74, 6) is -1.11. The molecule has 0 radical (unpaired) electrons. The number of aryl methyl sites for hydroxylation is 1. The number of aromatic nitrogens is 1. The third kappa shape index (κ3) is 3.69. The molecule has 3 N–H and O–H groups in total. The van der Waals surface area contributed by atoms with Crippen LogP contribution in [0.1, 0.15) is 42.1 Å². The largest absolute Gasteiger partial charge is 0.481 e. The van der Waals surface area contributed by atoms with E-state index < -0.39 is 5.97 Å². The Morgan fingerprint density at radius 2 is 2.25 bits per heavy atom. The summed E-state index contributed by atoms with van der Waals surface area (Å²) in [7, 11) is 0. The number of urea groups is 1. The minimum Gasteiger partial charge on any atom is -0.481 e. The van der Waals surface area contributed by atoms with Gasteiger partial charge in [0.05, 0.1) is 12.0 Å². The Morgan fingerprint density at radius 1 is 1.50 bits per heavy atom. The van der Waals surface area contributed by atoms with E-state index in [4.69, 9.17) is 5.11 Å². The van der Waals surface area contributed by atoms with Crippen molar-refractivity contribution >= 4 is 23.3 Å². The van der Waals surface area contributed by atoms with Gasteiger partial charge in [0, 0.05) is 17.1 Å². The molecule has 1 aromatic rings. The van der Waals surface area contributed by atoms with Gasteiger partial charge in [0.2, 0.25) is 0 Å². The minimum absolute atomic E-state index is 0.0543. The highest BCUT2D eigenvalue weighted by atomic mass is 32.1. The van der Waals surface area contributed by atoms with Crippen LogP contribution in [-0.2, 0) is 4.79 Å². The molecule has 1 aliphatic rings. The lowest BCUT2D eigenvalue weighted by molar-refractivity contribution is -0.141. The Bertz CT molecular complexity index is 503. The molecule has 1 fully saturated rings. The van der Waals surface area contributed by atoms with Crippen LogP contribution in [0.5, 0.6) is 0 Å². The molecule has 0 aromatic carbocycles. The maximum atomic E-state index is 11.9. The van der Waals surface area contributed by atoms with E-state index in [1.165, 1.54) is 0 Å². The van der Waals surface area contributed by atoms with Crippen LogP contribution >= 0.6 is 11.3 Å². The van der Waals surface area contributed by atoms with Crippen molar-refractivity contribution in [3.05, 3.63) is 16.1 Å². The average Bonchev–Trinajstić information content (AvgIpc) is 2.98. The standard InChI is InChI=1S/C13H19N3O3S/c1-7-6-14-11(20-7)8(2)15-13(19)16-10-4-3-9(5-10)12(17)18/h6,8-10H,3-5H2,1-2H3,(H,17,18)(H2,15,16,19). The molecule has 6 nitrogen and oxygen atoms in total. The lowest BCUT2D eigenvalue weighted by atomic mass is 10.1. The summed E-state index contributed by atoms with van der Waals surface area (Å²) in [6.07, 6.45) is 3.63. The van der Waals surface area contributed by atoms with Gasteiger partial charge >= 0.3 is 12.0 Å². The first-order valence-electron chi connectivity index (χ1n) is 6.68. The fourth-order valence-corrected chi connectivity index (χ4v) is 3.17. The minimum atomic E-state index is -0.777. The Labute approximate surface area is 121 Å². The SMILES string of the molecule is Cc1cnc(C(C)NC(=O)NC2CCC(C(=O)O)C2)s1. The average molecular weight is 297 g/mol. The molecule has 2 amide bonds. The summed E-state index contributed by atoms with van der Waals surface area (Å²) in [4.78, 5) is 28.1. The number of thiazole rings is 1. The molecule has 7 heteroatoms. The monoisotopic (exact) mass is 297 g/mol. The number of nitrogens with zero attached hydrogens (tertiary/aromatic N) is 1. The predicted octanol–water partition coefficient (Wildman–Crippen LogP) is 2.07. The van der Waals surface area contributed by atoms with Crippen molar-refractivity contribution in [2.45, 2.75) is 45.2 Å². The van der Waals surface area contributed by atoms with Crippen LogP contribution in [0.25, 0.3) is 0 Å². The predicted molar refractivity (Wildman–Crippen MR) is 75.7 cm³/mol. The number of aliphatic carboxylic acids is 1. The maximum absolute atomic E-state index is 11.9. The van der Waals surface area contributed by atoms with Crippen LogP contribution in [0.2, 0.25) is 0 Å². The quantitative estimate of drug-likeness (QED) is 0.793. The molecule has 1 aliphatic carbocycles. The van der Waals surface area contributed by atoms with Gasteiger partial charge in [-0.15, -0.1) is 11.3 Å². The molecule has 20 heavy (non-hydrogen) atoms. The summed E-state index contributed by atoms with van der Waals surface area (Å²) in [5.41, 5.74) is 0. The van der Waals surface area contributed by atoms with Crippen molar-refractivity contribution in [3.8, 4) is 0 Å². The number of hydrogen-bond donors (Lipinski definition) is 3. The van der Waals surface area contributed by atoms with E-state index >= 15 is 0 Å². The van der Waals surface area contributed by atoms with Crippen LogP contribution in [0, 0.1) is 12.8 Å². The second-order valence-electron chi connectivity index (χ2n) is 5.19. The van der Waals surface area contributed by atoms with E-state index in [1.54, 1.807) is 17.5 Å². The number of carbonyl (C=O) groups excluding carboxylic acids is 1. The van der Waals surface area contributed by atoms with Crippen LogP contribution in [-0.4, -0.2) is 28.1 Å². The van der Waals surface area contributed by atoms with E-state index in [2.05, 4.69) is 15.6 Å². The van der Waals surface area contributed by atoms with Crippen molar-refractivity contribution in [1.82, 2.24) is 15.6 Å². The van der Waals surface area contributed by atoms with Crippen LogP contribution < -0.4 is 10.6 Å². The van der Waals surface area contributed by atoms with E-state index in [0.717, 1.165) is 16.3 Å². The zero-order valence-electron chi connectivity index (χ0n) is 11.5. The number of carboxylic acid groups (broad SMARTS) is 1. The first-order chi connectivity index (χ1) is 9.45. The van der Waals surface area contributed by atoms with Crippen molar-refractivity contribution in [2.24, 2.45) is 5.92 Å². The Balaban J connectivity index is 1.80. The van der Waals surface area contributed by atoms with E-state index in [0.29, 0.717) is 12.8 Å². The molecule has 0 aliphatic heterocycles. The summed E-state index contributed by atoms with van der Waals surface area (Å²) < 4.78 is 0. The molecule has 2 rings (SSSR count).